The summed E-state index contributed by atoms with van der Waals surface area (Å²) in [6, 6.07) is 6.66. The molecule has 0 bridgehead atoms. The molecule has 2 amide bonds. The molecule has 0 aliphatic carbocycles. The first-order valence-electron chi connectivity index (χ1n) is 6.44. The van der Waals surface area contributed by atoms with Crippen LogP contribution in [0.3, 0.4) is 0 Å². The van der Waals surface area contributed by atoms with E-state index in [1.165, 1.54) is 0 Å². The zero-order chi connectivity index (χ0) is 14.3. The molecule has 0 saturated carbocycles. The minimum atomic E-state index is -0.607. The van der Waals surface area contributed by atoms with Gasteiger partial charge in [0.25, 0.3) is 0 Å². The lowest BCUT2D eigenvalue weighted by Gasteiger charge is -2.20. The molecule has 1 rings (SSSR count). The van der Waals surface area contributed by atoms with Gasteiger partial charge < -0.3 is 10.2 Å². The standard InChI is InChI=1S/C14H19ClN2O2/c1-3-9-17(10-4-2)14(19)13(18)16-12-7-5-11(15)6-8-12/h5-8H,3-4,9-10H2,1-2H3,(H,16,18). The normalized spacial score (nSPS) is 10.1. The molecule has 19 heavy (non-hydrogen) atoms. The maximum Gasteiger partial charge on any atom is 0.313 e. The maximum atomic E-state index is 12.0. The summed E-state index contributed by atoms with van der Waals surface area (Å²) in [5.41, 5.74) is 0.565. The predicted octanol–water partition coefficient (Wildman–Crippen LogP) is 2.93. The first-order valence-corrected chi connectivity index (χ1v) is 6.82. The number of rotatable bonds is 5. The number of hydrogen-bond acceptors (Lipinski definition) is 2. The van der Waals surface area contributed by atoms with E-state index in [4.69, 9.17) is 11.6 Å². The molecule has 0 fully saturated rings. The number of nitrogens with zero attached hydrogens (tertiary/aromatic N) is 1. The molecule has 0 radical (unpaired) electrons. The van der Waals surface area contributed by atoms with Crippen molar-refractivity contribution in [3.05, 3.63) is 29.3 Å². The van der Waals surface area contributed by atoms with Crippen LogP contribution in [0, 0.1) is 0 Å². The van der Waals surface area contributed by atoms with Gasteiger partial charge in [0.1, 0.15) is 0 Å². The highest BCUT2D eigenvalue weighted by atomic mass is 35.5. The number of benzene rings is 1. The van der Waals surface area contributed by atoms with Crippen LogP contribution in [0.4, 0.5) is 5.69 Å². The minimum absolute atomic E-state index is 0.487. The van der Waals surface area contributed by atoms with E-state index < -0.39 is 11.8 Å². The molecule has 1 aromatic carbocycles. The summed E-state index contributed by atoms with van der Waals surface area (Å²) < 4.78 is 0. The van der Waals surface area contributed by atoms with Crippen molar-refractivity contribution in [1.82, 2.24) is 4.90 Å². The van der Waals surface area contributed by atoms with Crippen molar-refractivity contribution in [2.75, 3.05) is 18.4 Å². The Morgan fingerprint density at radius 3 is 2.11 bits per heavy atom. The van der Waals surface area contributed by atoms with Crippen LogP contribution in [-0.2, 0) is 9.59 Å². The van der Waals surface area contributed by atoms with Crippen molar-refractivity contribution in [1.29, 1.82) is 0 Å². The average Bonchev–Trinajstić information content (AvgIpc) is 2.40. The fraction of sp³-hybridized carbons (Fsp3) is 0.429. The Bertz CT molecular complexity index is 426. The van der Waals surface area contributed by atoms with Crippen LogP contribution in [0.25, 0.3) is 0 Å². The number of carbonyl (C=O) groups is 2. The van der Waals surface area contributed by atoms with Gasteiger partial charge in [-0.05, 0) is 37.1 Å². The Labute approximate surface area is 118 Å². The van der Waals surface area contributed by atoms with E-state index in [2.05, 4.69) is 5.32 Å². The van der Waals surface area contributed by atoms with Gasteiger partial charge in [-0.25, -0.2) is 0 Å². The number of anilines is 1. The molecular weight excluding hydrogens is 264 g/mol. The highest BCUT2D eigenvalue weighted by Crippen LogP contribution is 2.13. The fourth-order valence-corrected chi connectivity index (χ4v) is 1.84. The average molecular weight is 283 g/mol. The summed E-state index contributed by atoms with van der Waals surface area (Å²) in [6.45, 7) is 5.15. The predicted molar refractivity (Wildman–Crippen MR) is 77.2 cm³/mol. The molecule has 5 heteroatoms. The van der Waals surface area contributed by atoms with Crippen molar-refractivity contribution in [3.63, 3.8) is 0 Å². The van der Waals surface area contributed by atoms with E-state index >= 15 is 0 Å². The third kappa shape index (κ3) is 4.91. The smallest absolute Gasteiger partial charge is 0.313 e. The van der Waals surface area contributed by atoms with Gasteiger partial charge in [-0.3, -0.25) is 9.59 Å². The molecule has 0 aliphatic rings. The maximum absolute atomic E-state index is 12.0. The molecule has 0 heterocycles. The largest absolute Gasteiger partial charge is 0.334 e. The number of nitrogens with one attached hydrogen (secondary N) is 1. The molecule has 0 saturated heterocycles. The molecule has 0 aliphatic heterocycles. The molecule has 0 spiro atoms. The molecule has 1 N–H and O–H groups in total. The van der Waals surface area contributed by atoms with Gasteiger partial charge in [0.15, 0.2) is 0 Å². The van der Waals surface area contributed by atoms with Crippen LogP contribution in [0.2, 0.25) is 5.02 Å². The Kier molecular flexibility index (Phi) is 6.36. The third-order valence-corrected chi connectivity index (χ3v) is 2.82. The van der Waals surface area contributed by atoms with Crippen LogP contribution in [0.5, 0.6) is 0 Å². The quantitative estimate of drug-likeness (QED) is 0.844. The molecule has 0 unspecified atom stereocenters. The second-order valence-electron chi connectivity index (χ2n) is 4.25. The van der Waals surface area contributed by atoms with Crippen molar-refractivity contribution < 1.29 is 9.59 Å². The zero-order valence-corrected chi connectivity index (χ0v) is 12.0. The Hall–Kier alpha value is -1.55. The lowest BCUT2D eigenvalue weighted by Crippen LogP contribution is -2.40. The van der Waals surface area contributed by atoms with Crippen molar-refractivity contribution in [2.45, 2.75) is 26.7 Å². The van der Waals surface area contributed by atoms with Gasteiger partial charge in [0.05, 0.1) is 0 Å². The van der Waals surface area contributed by atoms with Crippen LogP contribution in [0.1, 0.15) is 26.7 Å². The van der Waals surface area contributed by atoms with Crippen LogP contribution in [-0.4, -0.2) is 29.8 Å². The van der Waals surface area contributed by atoms with Gasteiger partial charge in [-0.1, -0.05) is 25.4 Å². The van der Waals surface area contributed by atoms with Crippen LogP contribution in [0.15, 0.2) is 24.3 Å². The SMILES string of the molecule is CCCN(CCC)C(=O)C(=O)Nc1ccc(Cl)cc1. The van der Waals surface area contributed by atoms with Crippen LogP contribution >= 0.6 is 11.6 Å². The Morgan fingerprint density at radius 1 is 1.11 bits per heavy atom. The highest BCUT2D eigenvalue weighted by molar-refractivity contribution is 6.39. The first-order chi connectivity index (χ1) is 9.08. The first kappa shape index (κ1) is 15.5. The van der Waals surface area contributed by atoms with Gasteiger partial charge in [-0.2, -0.15) is 0 Å². The third-order valence-electron chi connectivity index (χ3n) is 2.57. The molecule has 0 atom stereocenters. The molecular formula is C14H19ClN2O2. The highest BCUT2D eigenvalue weighted by Gasteiger charge is 2.20. The molecule has 0 aromatic heterocycles. The van der Waals surface area contributed by atoms with Gasteiger partial charge in [0.2, 0.25) is 0 Å². The number of amides is 2. The van der Waals surface area contributed by atoms with Gasteiger partial charge in [-0.15, -0.1) is 0 Å². The number of carbonyl (C=O) groups excluding carboxylic acids is 2. The lowest BCUT2D eigenvalue weighted by atomic mass is 10.3. The van der Waals surface area contributed by atoms with Crippen molar-refractivity contribution >= 4 is 29.1 Å². The topological polar surface area (TPSA) is 49.4 Å². The van der Waals surface area contributed by atoms with E-state index in [-0.39, 0.29) is 0 Å². The van der Waals surface area contributed by atoms with Crippen molar-refractivity contribution in [2.24, 2.45) is 0 Å². The zero-order valence-electron chi connectivity index (χ0n) is 11.3. The summed E-state index contributed by atoms with van der Waals surface area (Å²) in [7, 11) is 0. The van der Waals surface area contributed by atoms with Crippen LogP contribution < -0.4 is 5.32 Å². The van der Waals surface area contributed by atoms with E-state index in [1.807, 2.05) is 13.8 Å². The summed E-state index contributed by atoms with van der Waals surface area (Å²) in [6.07, 6.45) is 1.67. The summed E-state index contributed by atoms with van der Waals surface area (Å²) in [5.74, 6) is -1.09. The number of hydrogen-bond donors (Lipinski definition) is 1. The van der Waals surface area contributed by atoms with Crippen molar-refractivity contribution in [3.8, 4) is 0 Å². The lowest BCUT2D eigenvalue weighted by molar-refractivity contribution is -0.143. The minimum Gasteiger partial charge on any atom is -0.334 e. The number of halogens is 1. The summed E-state index contributed by atoms with van der Waals surface area (Å²) in [5, 5.41) is 3.16. The fourth-order valence-electron chi connectivity index (χ4n) is 1.72. The van der Waals surface area contributed by atoms with E-state index in [9.17, 15) is 9.59 Å². The monoisotopic (exact) mass is 282 g/mol. The second kappa shape index (κ2) is 7.79. The molecule has 1 aromatic rings. The summed E-state index contributed by atoms with van der Waals surface area (Å²) >= 11 is 5.76. The van der Waals surface area contributed by atoms with E-state index in [0.717, 1.165) is 12.8 Å². The Balaban J connectivity index is 2.65. The van der Waals surface area contributed by atoms with Gasteiger partial charge in [0, 0.05) is 23.8 Å². The molecule has 104 valence electrons. The Morgan fingerprint density at radius 2 is 1.63 bits per heavy atom. The van der Waals surface area contributed by atoms with Gasteiger partial charge >= 0.3 is 11.8 Å². The van der Waals surface area contributed by atoms with E-state index in [1.54, 1.807) is 29.2 Å². The summed E-state index contributed by atoms with van der Waals surface area (Å²) in [4.78, 5) is 25.4. The van der Waals surface area contributed by atoms with E-state index in [0.29, 0.717) is 23.8 Å². The molecule has 4 nitrogen and oxygen atoms in total. The second-order valence-corrected chi connectivity index (χ2v) is 4.69.